The minimum atomic E-state index is -0.658. The van der Waals surface area contributed by atoms with Crippen LogP contribution in [-0.2, 0) is 16.0 Å². The summed E-state index contributed by atoms with van der Waals surface area (Å²) in [5.41, 5.74) is 2.37. The number of fused-ring (bicyclic) bond motifs is 1. The van der Waals surface area contributed by atoms with E-state index in [0.29, 0.717) is 12.1 Å². The molecule has 1 N–H and O–H groups in total. The summed E-state index contributed by atoms with van der Waals surface area (Å²) in [6.45, 7) is 3.19. The number of Topliss-reactive ketones (excluding diaryl/α,β-unsaturated/α-hetero) is 1. The molecule has 3 heterocycles. The van der Waals surface area contributed by atoms with Gasteiger partial charge in [0.25, 0.3) is 11.7 Å². The molecule has 4 rings (SSSR count). The normalized spacial score (nSPS) is 22.1. The van der Waals surface area contributed by atoms with E-state index < -0.39 is 17.7 Å². The van der Waals surface area contributed by atoms with E-state index in [9.17, 15) is 14.7 Å². The Labute approximate surface area is 182 Å². The minimum Gasteiger partial charge on any atom is -0.507 e. The lowest BCUT2D eigenvalue weighted by molar-refractivity contribution is -0.139. The fourth-order valence-corrected chi connectivity index (χ4v) is 4.29. The molecule has 1 saturated heterocycles. The molecule has 1 aromatic heterocycles. The van der Waals surface area contributed by atoms with E-state index in [-0.39, 0.29) is 17.4 Å². The van der Waals surface area contributed by atoms with Crippen molar-refractivity contribution < 1.29 is 19.4 Å². The number of rotatable bonds is 6. The molecule has 2 aliphatic heterocycles. The number of aliphatic hydroxyl groups excluding tert-OH is 1. The standard InChI is InChI=1S/C24H27N3O4/c1-15-13-18-14-17(5-6-19(18)31-15)22(28)20-21(16-7-9-25-10-8-16)27(24(30)23(20)29)12-4-11-26(2)3/h5-10,14-15,21,28H,4,11-13H2,1-3H3/b22-20+/t15-,21-/m0/s1. The number of aliphatic hydroxyl groups is 1. The zero-order chi connectivity index (χ0) is 22.1. The lowest BCUT2D eigenvalue weighted by atomic mass is 9.95. The Balaban J connectivity index is 1.76. The molecule has 162 valence electrons. The highest BCUT2D eigenvalue weighted by Crippen LogP contribution is 2.40. The van der Waals surface area contributed by atoms with Crippen LogP contribution < -0.4 is 4.74 Å². The molecule has 2 aliphatic rings. The zero-order valence-electron chi connectivity index (χ0n) is 18.0. The van der Waals surface area contributed by atoms with E-state index in [1.54, 1.807) is 35.5 Å². The van der Waals surface area contributed by atoms with E-state index in [4.69, 9.17) is 4.74 Å². The lowest BCUT2D eigenvalue weighted by Gasteiger charge is -2.25. The Morgan fingerprint density at radius 1 is 1.23 bits per heavy atom. The number of likely N-dealkylation sites (tertiary alicyclic amines) is 1. The minimum absolute atomic E-state index is 0.0755. The maximum Gasteiger partial charge on any atom is 0.295 e. The predicted molar refractivity (Wildman–Crippen MR) is 117 cm³/mol. The van der Waals surface area contributed by atoms with Crippen LogP contribution in [0.2, 0.25) is 0 Å². The van der Waals surface area contributed by atoms with Gasteiger partial charge in [-0.25, -0.2) is 0 Å². The van der Waals surface area contributed by atoms with Crippen molar-refractivity contribution in [1.82, 2.24) is 14.8 Å². The first-order valence-corrected chi connectivity index (χ1v) is 10.5. The zero-order valence-corrected chi connectivity index (χ0v) is 18.0. The van der Waals surface area contributed by atoms with Crippen LogP contribution in [0.25, 0.3) is 5.76 Å². The van der Waals surface area contributed by atoms with Crippen molar-refractivity contribution in [3.05, 3.63) is 65.0 Å². The maximum atomic E-state index is 13.0. The molecule has 2 aromatic rings. The molecule has 7 heteroatoms. The third kappa shape index (κ3) is 4.05. The topological polar surface area (TPSA) is 83.0 Å². The Morgan fingerprint density at radius 3 is 2.68 bits per heavy atom. The fraction of sp³-hybridized carbons (Fsp3) is 0.375. The molecule has 1 aromatic carbocycles. The molecule has 0 bridgehead atoms. The average Bonchev–Trinajstić information content (AvgIpc) is 3.24. The molecule has 0 radical (unpaired) electrons. The molecule has 0 saturated carbocycles. The predicted octanol–water partition coefficient (Wildman–Crippen LogP) is 2.78. The number of carbonyl (C=O) groups excluding carboxylic acids is 2. The summed E-state index contributed by atoms with van der Waals surface area (Å²) in [6, 6.07) is 8.30. The molecule has 1 fully saturated rings. The summed E-state index contributed by atoms with van der Waals surface area (Å²) < 4.78 is 5.74. The molecule has 2 atom stereocenters. The SMILES string of the molecule is C[C@H]1Cc2cc(/C(O)=C3\C(=O)C(=O)N(CCCN(C)C)[C@H]3c3ccncc3)ccc2O1. The maximum absolute atomic E-state index is 13.0. The Morgan fingerprint density at radius 2 is 1.97 bits per heavy atom. The summed E-state index contributed by atoms with van der Waals surface area (Å²) in [6.07, 6.45) is 4.79. The molecule has 7 nitrogen and oxygen atoms in total. The molecule has 1 amide bonds. The van der Waals surface area contributed by atoms with Crippen LogP contribution >= 0.6 is 0 Å². The first-order chi connectivity index (χ1) is 14.9. The number of hydrogen-bond donors (Lipinski definition) is 1. The van der Waals surface area contributed by atoms with Gasteiger partial charge in [0.1, 0.15) is 17.6 Å². The van der Waals surface area contributed by atoms with E-state index in [1.165, 1.54) is 0 Å². The van der Waals surface area contributed by atoms with Crippen LogP contribution in [0.3, 0.4) is 0 Å². The first-order valence-electron chi connectivity index (χ1n) is 10.5. The summed E-state index contributed by atoms with van der Waals surface area (Å²) in [7, 11) is 3.93. The molecular formula is C24H27N3O4. The van der Waals surface area contributed by atoms with Crippen LogP contribution in [0.15, 0.2) is 48.3 Å². The van der Waals surface area contributed by atoms with Crippen LogP contribution in [-0.4, -0.2) is 64.9 Å². The van der Waals surface area contributed by atoms with Gasteiger partial charge in [-0.15, -0.1) is 0 Å². The average molecular weight is 421 g/mol. The number of ketones is 1. The molecule has 0 unspecified atom stereocenters. The van der Waals surface area contributed by atoms with Crippen molar-refractivity contribution in [2.24, 2.45) is 0 Å². The molecule has 0 aliphatic carbocycles. The first kappa shape index (κ1) is 21.1. The van der Waals surface area contributed by atoms with Gasteiger partial charge in [-0.3, -0.25) is 14.6 Å². The number of benzene rings is 1. The highest BCUT2D eigenvalue weighted by Gasteiger charge is 2.45. The van der Waals surface area contributed by atoms with E-state index >= 15 is 0 Å². The summed E-state index contributed by atoms with van der Waals surface area (Å²) in [5, 5.41) is 11.2. The van der Waals surface area contributed by atoms with Gasteiger partial charge < -0.3 is 19.6 Å². The third-order valence-electron chi connectivity index (χ3n) is 5.74. The van der Waals surface area contributed by atoms with Crippen molar-refractivity contribution >= 4 is 17.4 Å². The number of carbonyl (C=O) groups is 2. The number of nitrogens with zero attached hydrogens (tertiary/aromatic N) is 3. The summed E-state index contributed by atoms with van der Waals surface area (Å²) >= 11 is 0. The van der Waals surface area contributed by atoms with Crippen molar-refractivity contribution in [3.8, 4) is 5.75 Å². The van der Waals surface area contributed by atoms with Crippen LogP contribution in [0.5, 0.6) is 5.75 Å². The van der Waals surface area contributed by atoms with Crippen molar-refractivity contribution in [3.63, 3.8) is 0 Å². The van der Waals surface area contributed by atoms with Gasteiger partial charge in [0, 0.05) is 30.9 Å². The van der Waals surface area contributed by atoms with Gasteiger partial charge in [0.2, 0.25) is 0 Å². The van der Waals surface area contributed by atoms with Gasteiger partial charge in [0.15, 0.2) is 0 Å². The number of ether oxygens (including phenoxy) is 1. The largest absolute Gasteiger partial charge is 0.507 e. The number of pyridine rings is 1. The van der Waals surface area contributed by atoms with Crippen LogP contribution in [0, 0.1) is 0 Å². The smallest absolute Gasteiger partial charge is 0.295 e. The van der Waals surface area contributed by atoms with E-state index in [2.05, 4.69) is 4.98 Å². The second kappa shape index (κ2) is 8.51. The van der Waals surface area contributed by atoms with E-state index in [0.717, 1.165) is 36.3 Å². The third-order valence-corrected chi connectivity index (χ3v) is 5.74. The highest BCUT2D eigenvalue weighted by molar-refractivity contribution is 6.46. The molecule has 0 spiro atoms. The summed E-state index contributed by atoms with van der Waals surface area (Å²) in [5.74, 6) is -0.606. The van der Waals surface area contributed by atoms with Crippen molar-refractivity contribution in [2.45, 2.75) is 31.9 Å². The Bertz CT molecular complexity index is 1030. The van der Waals surface area contributed by atoms with Gasteiger partial charge in [0.05, 0.1) is 11.6 Å². The molecular weight excluding hydrogens is 394 g/mol. The van der Waals surface area contributed by atoms with Gasteiger partial charge >= 0.3 is 0 Å². The second-order valence-electron chi connectivity index (χ2n) is 8.38. The highest BCUT2D eigenvalue weighted by atomic mass is 16.5. The summed E-state index contributed by atoms with van der Waals surface area (Å²) in [4.78, 5) is 33.6. The molecule has 31 heavy (non-hydrogen) atoms. The lowest BCUT2D eigenvalue weighted by Crippen LogP contribution is -2.32. The Kier molecular flexibility index (Phi) is 5.78. The van der Waals surface area contributed by atoms with Crippen LogP contribution in [0.4, 0.5) is 0 Å². The van der Waals surface area contributed by atoms with Crippen molar-refractivity contribution in [2.75, 3.05) is 27.2 Å². The number of aromatic nitrogens is 1. The second-order valence-corrected chi connectivity index (χ2v) is 8.38. The monoisotopic (exact) mass is 421 g/mol. The number of hydrogen-bond acceptors (Lipinski definition) is 6. The quantitative estimate of drug-likeness (QED) is 0.439. The fourth-order valence-electron chi connectivity index (χ4n) is 4.29. The van der Waals surface area contributed by atoms with Gasteiger partial charge in [-0.2, -0.15) is 0 Å². The van der Waals surface area contributed by atoms with Gasteiger partial charge in [-0.1, -0.05) is 0 Å². The number of amides is 1. The van der Waals surface area contributed by atoms with Gasteiger partial charge in [-0.05, 0) is 75.4 Å². The van der Waals surface area contributed by atoms with Crippen LogP contribution in [0.1, 0.15) is 36.1 Å². The van der Waals surface area contributed by atoms with E-state index in [1.807, 2.05) is 38.1 Å². The van der Waals surface area contributed by atoms with Crippen molar-refractivity contribution in [1.29, 1.82) is 0 Å². The Hall–Kier alpha value is -3.19.